The average molecular weight is 273 g/mol. The first-order chi connectivity index (χ1) is 7.83. The smallest absolute Gasteiger partial charge is 0.153 e. The van der Waals surface area contributed by atoms with Crippen LogP contribution in [0, 0.1) is 6.92 Å². The number of nitrogens with two attached hydrogens (primary N) is 1. The van der Waals surface area contributed by atoms with E-state index in [1.165, 1.54) is 0 Å². The maximum absolute atomic E-state index is 11.6. The van der Waals surface area contributed by atoms with Crippen molar-refractivity contribution in [3.8, 4) is 0 Å². The van der Waals surface area contributed by atoms with Crippen molar-refractivity contribution in [2.45, 2.75) is 30.9 Å². The van der Waals surface area contributed by atoms with Gasteiger partial charge in [-0.1, -0.05) is 0 Å². The lowest BCUT2D eigenvalue weighted by molar-refractivity contribution is 0.589. The summed E-state index contributed by atoms with van der Waals surface area (Å²) in [4.78, 5) is 1.07. The molecule has 1 aromatic rings. The Morgan fingerprint density at radius 3 is 2.53 bits per heavy atom. The summed E-state index contributed by atoms with van der Waals surface area (Å²) < 4.78 is 23.2. The van der Waals surface area contributed by atoms with Gasteiger partial charge in [0.15, 0.2) is 9.84 Å². The lowest BCUT2D eigenvalue weighted by atomic mass is 10.2. The highest BCUT2D eigenvalue weighted by Gasteiger charge is 2.15. The molecule has 3 nitrogen and oxygen atoms in total. The fourth-order valence-electron chi connectivity index (χ4n) is 1.25. The van der Waals surface area contributed by atoms with E-state index < -0.39 is 9.84 Å². The molecule has 5 heteroatoms. The Morgan fingerprint density at radius 2 is 2.00 bits per heavy atom. The molecule has 2 N–H and O–H groups in total. The number of sulfone groups is 1. The zero-order valence-corrected chi connectivity index (χ0v) is 12.1. The molecular weight excluding hydrogens is 254 g/mol. The Morgan fingerprint density at radius 1 is 1.35 bits per heavy atom. The topological polar surface area (TPSA) is 60.2 Å². The van der Waals surface area contributed by atoms with E-state index in [4.69, 9.17) is 5.73 Å². The fourth-order valence-corrected chi connectivity index (χ4v) is 3.64. The minimum Gasteiger partial charge on any atom is -0.399 e. The third-order valence-electron chi connectivity index (χ3n) is 2.60. The quantitative estimate of drug-likeness (QED) is 0.661. The van der Waals surface area contributed by atoms with Crippen molar-refractivity contribution in [1.29, 1.82) is 0 Å². The first-order valence-corrected chi connectivity index (χ1v) is 8.23. The highest BCUT2D eigenvalue weighted by atomic mass is 32.2. The van der Waals surface area contributed by atoms with Crippen LogP contribution in [0.4, 0.5) is 5.69 Å². The maximum atomic E-state index is 11.6. The van der Waals surface area contributed by atoms with Crippen LogP contribution in [0.2, 0.25) is 0 Å². The number of nitrogen functional groups attached to an aromatic ring is 1. The standard InChI is InChI=1S/C12H19NO2S2/c1-9(2)17(14,15)7-6-16-11-4-5-12(13)10(3)8-11/h4-5,8-9H,6-7,13H2,1-3H3. The highest BCUT2D eigenvalue weighted by Crippen LogP contribution is 2.22. The van der Waals surface area contributed by atoms with Gasteiger partial charge in [0.2, 0.25) is 0 Å². The van der Waals surface area contributed by atoms with Crippen LogP contribution < -0.4 is 5.73 Å². The fraction of sp³-hybridized carbons (Fsp3) is 0.500. The molecule has 0 fully saturated rings. The predicted octanol–water partition coefficient (Wildman–Crippen LogP) is 2.49. The second kappa shape index (κ2) is 5.78. The number of aryl methyl sites for hydroxylation is 1. The van der Waals surface area contributed by atoms with Crippen LogP contribution >= 0.6 is 11.8 Å². The van der Waals surface area contributed by atoms with Crippen molar-refractivity contribution in [1.82, 2.24) is 0 Å². The van der Waals surface area contributed by atoms with Crippen LogP contribution in [0.15, 0.2) is 23.1 Å². The van der Waals surface area contributed by atoms with Crippen LogP contribution in [0.5, 0.6) is 0 Å². The van der Waals surface area contributed by atoms with E-state index in [0.29, 0.717) is 5.75 Å². The number of thioether (sulfide) groups is 1. The van der Waals surface area contributed by atoms with Gasteiger partial charge in [-0.2, -0.15) is 0 Å². The second-order valence-electron chi connectivity index (χ2n) is 4.28. The Labute approximate surface area is 108 Å². The molecule has 0 aromatic heterocycles. The lowest BCUT2D eigenvalue weighted by Gasteiger charge is -2.08. The molecule has 96 valence electrons. The van der Waals surface area contributed by atoms with Gasteiger partial charge < -0.3 is 5.73 Å². The maximum Gasteiger partial charge on any atom is 0.153 e. The summed E-state index contributed by atoms with van der Waals surface area (Å²) in [5, 5.41) is -0.295. The zero-order chi connectivity index (χ0) is 13.1. The molecule has 0 atom stereocenters. The molecule has 0 aliphatic heterocycles. The number of hydrogen-bond acceptors (Lipinski definition) is 4. The molecule has 0 aliphatic rings. The molecule has 0 amide bonds. The summed E-state index contributed by atoms with van der Waals surface area (Å²) in [7, 11) is -2.93. The molecule has 0 aliphatic carbocycles. The van der Waals surface area contributed by atoms with Gasteiger partial charge >= 0.3 is 0 Å². The first-order valence-electron chi connectivity index (χ1n) is 5.53. The van der Waals surface area contributed by atoms with Gasteiger partial charge in [0.05, 0.1) is 11.0 Å². The third-order valence-corrected chi connectivity index (χ3v) is 6.06. The Balaban J connectivity index is 2.55. The summed E-state index contributed by atoms with van der Waals surface area (Å²) in [6, 6.07) is 5.77. The third kappa shape index (κ3) is 4.24. The summed E-state index contributed by atoms with van der Waals surface area (Å²) in [6.45, 7) is 5.38. The van der Waals surface area contributed by atoms with Gasteiger partial charge in [0, 0.05) is 16.3 Å². The molecule has 0 saturated carbocycles. The molecule has 0 heterocycles. The molecule has 0 spiro atoms. The molecule has 1 aromatic carbocycles. The molecule has 0 bridgehead atoms. The normalized spacial score (nSPS) is 12.0. The minimum atomic E-state index is -2.93. The van der Waals surface area contributed by atoms with E-state index in [9.17, 15) is 8.42 Å². The van der Waals surface area contributed by atoms with Gasteiger partial charge in [-0.3, -0.25) is 0 Å². The van der Waals surface area contributed by atoms with Crippen LogP contribution in [0.3, 0.4) is 0 Å². The highest BCUT2D eigenvalue weighted by molar-refractivity contribution is 8.00. The summed E-state index contributed by atoms with van der Waals surface area (Å²) >= 11 is 1.55. The van der Waals surface area contributed by atoms with Crippen molar-refractivity contribution < 1.29 is 8.42 Å². The molecule has 0 saturated heterocycles. The van der Waals surface area contributed by atoms with Gasteiger partial charge in [0.25, 0.3) is 0 Å². The van der Waals surface area contributed by atoms with E-state index in [2.05, 4.69) is 0 Å². The number of rotatable bonds is 5. The molecule has 1 rings (SSSR count). The van der Waals surface area contributed by atoms with E-state index >= 15 is 0 Å². The lowest BCUT2D eigenvalue weighted by Crippen LogP contribution is -2.18. The molecule has 17 heavy (non-hydrogen) atoms. The monoisotopic (exact) mass is 273 g/mol. The van der Waals surface area contributed by atoms with E-state index in [1.54, 1.807) is 25.6 Å². The van der Waals surface area contributed by atoms with Crippen molar-refractivity contribution in [2.75, 3.05) is 17.2 Å². The van der Waals surface area contributed by atoms with Crippen LogP contribution in [-0.4, -0.2) is 25.2 Å². The summed E-state index contributed by atoms with van der Waals surface area (Å²) in [6.07, 6.45) is 0. The van der Waals surface area contributed by atoms with E-state index in [1.807, 2.05) is 25.1 Å². The Hall–Kier alpha value is -0.680. The minimum absolute atomic E-state index is 0.221. The Kier molecular flexibility index (Phi) is 4.89. The van der Waals surface area contributed by atoms with Crippen molar-refractivity contribution in [3.05, 3.63) is 23.8 Å². The van der Waals surface area contributed by atoms with Crippen molar-refractivity contribution in [3.63, 3.8) is 0 Å². The van der Waals surface area contributed by atoms with E-state index in [0.717, 1.165) is 16.1 Å². The SMILES string of the molecule is Cc1cc(SCCS(=O)(=O)C(C)C)ccc1N. The van der Waals surface area contributed by atoms with Crippen molar-refractivity contribution >= 4 is 27.3 Å². The average Bonchev–Trinajstić information content (AvgIpc) is 2.23. The Bertz CT molecular complexity index is 481. The van der Waals surface area contributed by atoms with Gasteiger partial charge in [-0.25, -0.2) is 8.42 Å². The van der Waals surface area contributed by atoms with E-state index in [-0.39, 0.29) is 11.0 Å². The molecule has 0 unspecified atom stereocenters. The van der Waals surface area contributed by atoms with Crippen LogP contribution in [-0.2, 0) is 9.84 Å². The summed E-state index contributed by atoms with van der Waals surface area (Å²) in [5.41, 5.74) is 7.52. The van der Waals surface area contributed by atoms with Gasteiger partial charge in [-0.15, -0.1) is 11.8 Å². The van der Waals surface area contributed by atoms with Crippen molar-refractivity contribution in [2.24, 2.45) is 0 Å². The number of anilines is 1. The molecule has 0 radical (unpaired) electrons. The number of hydrogen-bond donors (Lipinski definition) is 1. The van der Waals surface area contributed by atoms with Gasteiger partial charge in [0.1, 0.15) is 0 Å². The van der Waals surface area contributed by atoms with Crippen LogP contribution in [0.1, 0.15) is 19.4 Å². The largest absolute Gasteiger partial charge is 0.399 e. The molecular formula is C12H19NO2S2. The summed E-state index contributed by atoms with van der Waals surface area (Å²) in [5.74, 6) is 0.808. The predicted molar refractivity (Wildman–Crippen MR) is 75.2 cm³/mol. The number of benzene rings is 1. The first kappa shape index (κ1) is 14.4. The van der Waals surface area contributed by atoms with Crippen LogP contribution in [0.25, 0.3) is 0 Å². The zero-order valence-electron chi connectivity index (χ0n) is 10.4. The second-order valence-corrected chi connectivity index (χ2v) is 8.13. The van der Waals surface area contributed by atoms with Gasteiger partial charge in [-0.05, 0) is 44.5 Å².